The lowest BCUT2D eigenvalue weighted by molar-refractivity contribution is -0.158. The molecule has 4 rings (SSSR count). The fourth-order valence-electron chi connectivity index (χ4n) is 4.94. The number of esters is 1. The third-order valence-corrected chi connectivity index (χ3v) is 6.64. The number of rotatable bonds is 4. The van der Waals surface area contributed by atoms with Gasteiger partial charge in [0.1, 0.15) is 11.4 Å². The van der Waals surface area contributed by atoms with Gasteiger partial charge >= 0.3 is 5.97 Å². The number of benzene rings is 2. The number of Topliss-reactive ketones (excluding diaryl/α,β-unsaturated/α-hetero) is 1. The average molecular weight is 416 g/mol. The van der Waals surface area contributed by atoms with Crippen LogP contribution < -0.4 is 0 Å². The molecule has 0 spiro atoms. The van der Waals surface area contributed by atoms with Crippen LogP contribution in [0.3, 0.4) is 0 Å². The highest BCUT2D eigenvalue weighted by atomic mass is 19.3. The van der Waals surface area contributed by atoms with E-state index in [9.17, 15) is 28.6 Å². The monoisotopic (exact) mass is 416 g/mol. The van der Waals surface area contributed by atoms with E-state index in [1.54, 1.807) is 19.1 Å². The Morgan fingerprint density at radius 3 is 2.63 bits per heavy atom. The highest BCUT2D eigenvalue weighted by molar-refractivity contribution is 6.00. The maximum atomic E-state index is 13.8. The quantitative estimate of drug-likeness (QED) is 0.734. The molecule has 0 saturated carbocycles. The maximum Gasteiger partial charge on any atom is 0.303 e. The van der Waals surface area contributed by atoms with Gasteiger partial charge in [-0.15, -0.1) is 0 Å². The second kappa shape index (κ2) is 6.87. The van der Waals surface area contributed by atoms with E-state index in [-0.39, 0.29) is 17.7 Å². The van der Waals surface area contributed by atoms with Gasteiger partial charge in [-0.2, -0.15) is 0 Å². The molecule has 0 aromatic heterocycles. The second-order valence-corrected chi connectivity index (χ2v) is 8.24. The Morgan fingerprint density at radius 1 is 1.23 bits per heavy atom. The van der Waals surface area contributed by atoms with Crippen LogP contribution in [0.4, 0.5) is 8.78 Å². The summed E-state index contributed by atoms with van der Waals surface area (Å²) in [4.78, 5) is 23.8. The lowest BCUT2D eigenvalue weighted by Gasteiger charge is -2.44. The minimum Gasteiger partial charge on any atom is -0.508 e. The molecule has 0 aliphatic heterocycles. The van der Waals surface area contributed by atoms with Crippen molar-refractivity contribution in [2.75, 3.05) is 6.61 Å². The summed E-state index contributed by atoms with van der Waals surface area (Å²) in [5.74, 6) is -1.31. The number of alkyl halides is 2. The molecular formula is C23H22F2O5. The SMILES string of the molecule is CC(=O)OCC(=O)[C@@]1(O)CC=C2c3cc(C(F)F)c4cc(O)ccc4c3CC[C@@]21C. The van der Waals surface area contributed by atoms with Gasteiger partial charge in [0.15, 0.2) is 6.61 Å². The number of aryl methyl sites for hydroxylation is 1. The molecule has 0 heterocycles. The minimum absolute atomic E-state index is 0.0238. The lowest BCUT2D eigenvalue weighted by Crippen LogP contribution is -2.53. The predicted octanol–water partition coefficient (Wildman–Crippen LogP) is 4.09. The number of halogens is 2. The zero-order valence-electron chi connectivity index (χ0n) is 16.7. The molecular weight excluding hydrogens is 394 g/mol. The molecule has 5 nitrogen and oxygen atoms in total. The van der Waals surface area contributed by atoms with Crippen LogP contribution in [0.2, 0.25) is 0 Å². The van der Waals surface area contributed by atoms with Crippen LogP contribution in [-0.4, -0.2) is 34.2 Å². The number of ketones is 1. The summed E-state index contributed by atoms with van der Waals surface area (Å²) in [5, 5.41) is 22.0. The fourth-order valence-corrected chi connectivity index (χ4v) is 4.94. The first-order chi connectivity index (χ1) is 14.1. The number of ether oxygens (including phenoxy) is 1. The number of hydrogen-bond donors (Lipinski definition) is 2. The van der Waals surface area contributed by atoms with Crippen molar-refractivity contribution in [2.24, 2.45) is 5.41 Å². The Bertz CT molecular complexity index is 1110. The van der Waals surface area contributed by atoms with Crippen molar-refractivity contribution in [3.63, 3.8) is 0 Å². The first-order valence-electron chi connectivity index (χ1n) is 9.75. The van der Waals surface area contributed by atoms with Crippen LogP contribution in [0, 0.1) is 5.41 Å². The van der Waals surface area contributed by atoms with Gasteiger partial charge in [-0.3, -0.25) is 9.59 Å². The van der Waals surface area contributed by atoms with Gasteiger partial charge in [0, 0.05) is 24.3 Å². The Balaban J connectivity index is 1.84. The number of carbonyl (C=O) groups is 2. The van der Waals surface area contributed by atoms with Crippen LogP contribution in [0.25, 0.3) is 16.3 Å². The van der Waals surface area contributed by atoms with Crippen molar-refractivity contribution in [1.82, 2.24) is 0 Å². The molecule has 0 bridgehead atoms. The van der Waals surface area contributed by atoms with Gasteiger partial charge in [0.05, 0.1) is 0 Å². The third-order valence-electron chi connectivity index (χ3n) is 6.64. The van der Waals surface area contributed by atoms with Gasteiger partial charge in [-0.05, 0) is 58.5 Å². The lowest BCUT2D eigenvalue weighted by atomic mass is 9.61. The first-order valence-corrected chi connectivity index (χ1v) is 9.75. The third kappa shape index (κ3) is 2.83. The Kier molecular flexibility index (Phi) is 4.69. The van der Waals surface area contributed by atoms with Crippen LogP contribution >= 0.6 is 0 Å². The van der Waals surface area contributed by atoms with Crippen molar-refractivity contribution in [2.45, 2.75) is 45.1 Å². The summed E-state index contributed by atoms with van der Waals surface area (Å²) in [6.45, 7) is 2.40. The molecule has 0 saturated heterocycles. The number of hydrogen-bond acceptors (Lipinski definition) is 5. The molecule has 0 amide bonds. The zero-order valence-corrected chi connectivity index (χ0v) is 16.7. The number of aromatic hydroxyl groups is 1. The van der Waals surface area contributed by atoms with Gasteiger partial charge < -0.3 is 14.9 Å². The Hall–Kier alpha value is -2.80. The molecule has 0 unspecified atom stereocenters. The highest BCUT2D eigenvalue weighted by Crippen LogP contribution is 2.58. The van der Waals surface area contributed by atoms with E-state index >= 15 is 0 Å². The summed E-state index contributed by atoms with van der Waals surface area (Å²) in [6, 6.07) is 5.85. The van der Waals surface area contributed by atoms with Gasteiger partial charge in [0.25, 0.3) is 6.43 Å². The number of fused-ring (bicyclic) bond motifs is 5. The average Bonchev–Trinajstić information content (AvgIpc) is 2.97. The molecule has 30 heavy (non-hydrogen) atoms. The molecule has 158 valence electrons. The standard InChI is InChI=1S/C23H22F2O5/c1-12(26)30-11-20(28)23(29)8-6-19-17-10-18(21(24)25)16-9-13(27)3-4-14(16)15(17)5-7-22(19,23)2/h3-4,6,9-10,21,27,29H,5,7-8,11H2,1-2H3/t22-,23-/m0/s1. The van der Waals surface area contributed by atoms with Gasteiger partial charge in [0.2, 0.25) is 5.78 Å². The van der Waals surface area contributed by atoms with E-state index in [1.807, 2.05) is 0 Å². The molecule has 2 atom stereocenters. The molecule has 2 aliphatic carbocycles. The normalized spacial score (nSPS) is 25.1. The molecule has 7 heteroatoms. The van der Waals surface area contributed by atoms with Crippen molar-refractivity contribution in [3.05, 3.63) is 47.0 Å². The van der Waals surface area contributed by atoms with E-state index in [1.165, 1.54) is 25.1 Å². The summed E-state index contributed by atoms with van der Waals surface area (Å²) >= 11 is 0. The minimum atomic E-state index is -2.75. The van der Waals surface area contributed by atoms with E-state index in [2.05, 4.69) is 0 Å². The fraction of sp³-hybridized carbons (Fsp3) is 0.391. The molecule has 0 fully saturated rings. The van der Waals surface area contributed by atoms with Gasteiger partial charge in [-0.25, -0.2) is 8.78 Å². The predicted molar refractivity (Wildman–Crippen MR) is 106 cm³/mol. The van der Waals surface area contributed by atoms with Crippen LogP contribution in [-0.2, 0) is 20.7 Å². The van der Waals surface area contributed by atoms with E-state index in [0.717, 1.165) is 5.56 Å². The molecule has 2 aromatic carbocycles. The van der Waals surface area contributed by atoms with E-state index in [0.29, 0.717) is 34.8 Å². The summed E-state index contributed by atoms with van der Waals surface area (Å²) in [6.07, 6.45) is -0.101. The molecule has 2 aromatic rings. The number of carbonyl (C=O) groups excluding carboxylic acids is 2. The van der Waals surface area contributed by atoms with Crippen LogP contribution in [0.1, 0.15) is 49.8 Å². The molecule has 2 N–H and O–H groups in total. The highest BCUT2D eigenvalue weighted by Gasteiger charge is 2.58. The van der Waals surface area contributed by atoms with Crippen molar-refractivity contribution in [3.8, 4) is 5.75 Å². The largest absolute Gasteiger partial charge is 0.508 e. The summed E-state index contributed by atoms with van der Waals surface area (Å²) < 4.78 is 32.5. The molecule has 0 radical (unpaired) electrons. The number of phenolic OH excluding ortho intramolecular Hbond substituents is 1. The number of aliphatic hydroxyl groups is 1. The maximum absolute atomic E-state index is 13.8. The first kappa shape index (κ1) is 20.5. The van der Waals surface area contributed by atoms with E-state index < -0.39 is 35.8 Å². The second-order valence-electron chi connectivity index (χ2n) is 8.24. The van der Waals surface area contributed by atoms with Crippen molar-refractivity contribution >= 4 is 28.1 Å². The van der Waals surface area contributed by atoms with E-state index in [4.69, 9.17) is 4.74 Å². The molecule has 2 aliphatic rings. The van der Waals surface area contributed by atoms with Crippen LogP contribution in [0.5, 0.6) is 5.75 Å². The topological polar surface area (TPSA) is 83.8 Å². The zero-order chi connectivity index (χ0) is 21.8. The van der Waals surface area contributed by atoms with Crippen molar-refractivity contribution < 1.29 is 33.3 Å². The summed E-state index contributed by atoms with van der Waals surface area (Å²) in [7, 11) is 0. The number of phenols is 1. The van der Waals surface area contributed by atoms with Crippen LogP contribution in [0.15, 0.2) is 30.3 Å². The summed E-state index contributed by atoms with van der Waals surface area (Å²) in [5.41, 5.74) is -0.861. The Labute approximate surface area is 172 Å². The van der Waals surface area contributed by atoms with Gasteiger partial charge in [-0.1, -0.05) is 19.1 Å². The smallest absolute Gasteiger partial charge is 0.303 e. The van der Waals surface area contributed by atoms with Crippen molar-refractivity contribution in [1.29, 1.82) is 0 Å². The Morgan fingerprint density at radius 2 is 1.97 bits per heavy atom.